The largest absolute Gasteiger partial charge is 0.479 e. The van der Waals surface area contributed by atoms with E-state index in [1.165, 1.54) is 0 Å². The lowest BCUT2D eigenvalue weighted by Crippen LogP contribution is -2.57. The molecule has 2 amide bonds. The Morgan fingerprint density at radius 1 is 1.26 bits per heavy atom. The Kier molecular flexibility index (Phi) is 3.83. The zero-order valence-electron chi connectivity index (χ0n) is 13.0. The maximum absolute atomic E-state index is 12.5. The van der Waals surface area contributed by atoms with Crippen molar-refractivity contribution in [3.8, 4) is 0 Å². The molecular weight excluding hydrogens is 296 g/mol. The second kappa shape index (κ2) is 5.68. The number of carboxylic acid groups (broad SMARTS) is 1. The number of fused-ring (bicyclic) bond motifs is 1. The molecule has 3 rings (SSSR count). The van der Waals surface area contributed by atoms with E-state index >= 15 is 0 Å². The average molecular weight is 316 g/mol. The molecule has 2 aliphatic rings. The van der Waals surface area contributed by atoms with Crippen LogP contribution in [0.25, 0.3) is 0 Å². The number of benzene rings is 1. The molecule has 1 aromatic carbocycles. The van der Waals surface area contributed by atoms with Gasteiger partial charge in [-0.25, -0.2) is 4.79 Å². The number of nitrogens with zero attached hydrogens (tertiary/aromatic N) is 1. The Morgan fingerprint density at radius 2 is 1.87 bits per heavy atom. The highest BCUT2D eigenvalue weighted by Gasteiger charge is 2.46. The van der Waals surface area contributed by atoms with Gasteiger partial charge in [0.1, 0.15) is 5.54 Å². The molecule has 1 heterocycles. The van der Waals surface area contributed by atoms with Crippen LogP contribution in [0.1, 0.15) is 24.0 Å². The summed E-state index contributed by atoms with van der Waals surface area (Å²) in [5, 5.41) is 12.4. The predicted molar refractivity (Wildman–Crippen MR) is 82.7 cm³/mol. The summed E-state index contributed by atoms with van der Waals surface area (Å²) < 4.78 is 0. The Morgan fingerprint density at radius 3 is 2.39 bits per heavy atom. The second-order valence-electron chi connectivity index (χ2n) is 6.50. The van der Waals surface area contributed by atoms with Crippen LogP contribution in [0.4, 0.5) is 0 Å². The molecule has 1 fully saturated rings. The van der Waals surface area contributed by atoms with E-state index in [1.807, 2.05) is 24.3 Å². The molecular formula is C17H20N2O4. The zero-order chi connectivity index (χ0) is 16.6. The number of hydrogen-bond acceptors (Lipinski definition) is 3. The molecule has 0 bridgehead atoms. The van der Waals surface area contributed by atoms with Gasteiger partial charge in [0, 0.05) is 38.8 Å². The minimum Gasteiger partial charge on any atom is -0.479 e. The fourth-order valence-electron chi connectivity index (χ4n) is 3.41. The van der Waals surface area contributed by atoms with E-state index < -0.39 is 17.4 Å². The predicted octanol–water partition coefficient (Wildman–Crippen LogP) is 0.593. The summed E-state index contributed by atoms with van der Waals surface area (Å²) in [6, 6.07) is 7.53. The quantitative estimate of drug-likeness (QED) is 0.854. The molecule has 6 nitrogen and oxygen atoms in total. The third-order valence-electron chi connectivity index (χ3n) is 4.91. The number of carboxylic acids is 1. The van der Waals surface area contributed by atoms with Crippen LogP contribution in [0.5, 0.6) is 0 Å². The van der Waals surface area contributed by atoms with Crippen molar-refractivity contribution in [2.24, 2.45) is 5.92 Å². The molecule has 0 spiro atoms. The van der Waals surface area contributed by atoms with Crippen molar-refractivity contribution in [1.82, 2.24) is 10.2 Å². The monoisotopic (exact) mass is 316 g/mol. The van der Waals surface area contributed by atoms with Crippen molar-refractivity contribution in [1.29, 1.82) is 0 Å². The number of amides is 2. The number of aliphatic carboxylic acids is 1. The topological polar surface area (TPSA) is 86.7 Å². The number of piperidine rings is 1. The van der Waals surface area contributed by atoms with Crippen LogP contribution in [0.3, 0.4) is 0 Å². The fraction of sp³-hybridized carbons (Fsp3) is 0.471. The van der Waals surface area contributed by atoms with E-state index in [2.05, 4.69) is 5.32 Å². The third kappa shape index (κ3) is 2.81. The second-order valence-corrected chi connectivity index (χ2v) is 6.50. The van der Waals surface area contributed by atoms with Crippen LogP contribution in [0, 0.1) is 5.92 Å². The highest BCUT2D eigenvalue weighted by molar-refractivity contribution is 5.92. The molecule has 1 aromatic rings. The maximum atomic E-state index is 12.5. The van der Waals surface area contributed by atoms with Gasteiger partial charge in [-0.15, -0.1) is 0 Å². The van der Waals surface area contributed by atoms with E-state index in [1.54, 1.807) is 11.9 Å². The summed E-state index contributed by atoms with van der Waals surface area (Å²) in [5.41, 5.74) is 0.608. The third-order valence-corrected chi connectivity index (χ3v) is 4.91. The lowest BCUT2D eigenvalue weighted by Gasteiger charge is -2.31. The van der Waals surface area contributed by atoms with E-state index in [0.717, 1.165) is 11.1 Å². The summed E-state index contributed by atoms with van der Waals surface area (Å²) in [6.07, 6.45) is 1.28. The smallest absolute Gasteiger partial charge is 0.330 e. The first-order valence-corrected chi connectivity index (χ1v) is 7.77. The van der Waals surface area contributed by atoms with Crippen molar-refractivity contribution < 1.29 is 19.5 Å². The Labute approximate surface area is 134 Å². The summed E-state index contributed by atoms with van der Waals surface area (Å²) in [7, 11) is 1.71. The van der Waals surface area contributed by atoms with Crippen LogP contribution >= 0.6 is 0 Å². The minimum absolute atomic E-state index is 0.0736. The van der Waals surface area contributed by atoms with Crippen molar-refractivity contribution in [2.75, 3.05) is 13.6 Å². The summed E-state index contributed by atoms with van der Waals surface area (Å²) in [6.45, 7) is 0.525. The first-order valence-electron chi connectivity index (χ1n) is 7.77. The SMILES string of the molecule is CN1CCC(C(=O)NC2(C(=O)O)Cc3ccccc3C2)CC1=O. The molecule has 0 radical (unpaired) electrons. The summed E-state index contributed by atoms with van der Waals surface area (Å²) in [4.78, 5) is 37.7. The van der Waals surface area contributed by atoms with Crippen molar-refractivity contribution in [3.63, 3.8) is 0 Å². The van der Waals surface area contributed by atoms with Gasteiger partial charge in [-0.05, 0) is 17.5 Å². The Bertz CT molecular complexity index is 645. The first-order chi connectivity index (χ1) is 10.9. The first kappa shape index (κ1) is 15.5. The van der Waals surface area contributed by atoms with E-state index in [0.29, 0.717) is 13.0 Å². The van der Waals surface area contributed by atoms with Gasteiger partial charge < -0.3 is 15.3 Å². The van der Waals surface area contributed by atoms with Gasteiger partial charge in [-0.1, -0.05) is 24.3 Å². The molecule has 1 saturated heterocycles. The molecule has 6 heteroatoms. The normalized spacial score (nSPS) is 22.6. The van der Waals surface area contributed by atoms with Crippen LogP contribution < -0.4 is 5.32 Å². The highest BCUT2D eigenvalue weighted by Crippen LogP contribution is 2.31. The Hall–Kier alpha value is -2.37. The summed E-state index contributed by atoms with van der Waals surface area (Å²) >= 11 is 0. The molecule has 1 aliphatic heterocycles. The number of carbonyl (C=O) groups is 3. The van der Waals surface area contributed by atoms with Gasteiger partial charge in [0.05, 0.1) is 0 Å². The number of hydrogen-bond donors (Lipinski definition) is 2. The molecule has 1 aliphatic carbocycles. The van der Waals surface area contributed by atoms with Gasteiger partial charge in [0.25, 0.3) is 0 Å². The Balaban J connectivity index is 1.76. The van der Waals surface area contributed by atoms with Crippen molar-refractivity contribution >= 4 is 17.8 Å². The fourth-order valence-corrected chi connectivity index (χ4v) is 3.41. The van der Waals surface area contributed by atoms with Gasteiger partial charge >= 0.3 is 5.97 Å². The van der Waals surface area contributed by atoms with E-state index in [-0.39, 0.29) is 31.1 Å². The zero-order valence-corrected chi connectivity index (χ0v) is 13.0. The van der Waals surface area contributed by atoms with Gasteiger partial charge in [-0.2, -0.15) is 0 Å². The molecule has 1 atom stereocenters. The lowest BCUT2D eigenvalue weighted by molar-refractivity contribution is -0.149. The molecule has 2 N–H and O–H groups in total. The lowest BCUT2D eigenvalue weighted by atomic mass is 9.91. The van der Waals surface area contributed by atoms with Gasteiger partial charge in [0.15, 0.2) is 0 Å². The van der Waals surface area contributed by atoms with Crippen molar-refractivity contribution in [2.45, 2.75) is 31.2 Å². The molecule has 0 aromatic heterocycles. The molecule has 0 saturated carbocycles. The van der Waals surface area contributed by atoms with E-state index in [9.17, 15) is 19.5 Å². The number of nitrogens with one attached hydrogen (secondary N) is 1. The molecule has 122 valence electrons. The average Bonchev–Trinajstić information content (AvgIpc) is 2.89. The van der Waals surface area contributed by atoms with Crippen LogP contribution in [0.15, 0.2) is 24.3 Å². The van der Waals surface area contributed by atoms with Gasteiger partial charge in [-0.3, -0.25) is 9.59 Å². The van der Waals surface area contributed by atoms with Crippen molar-refractivity contribution in [3.05, 3.63) is 35.4 Å². The number of likely N-dealkylation sites (tertiary alicyclic amines) is 1. The molecule has 1 unspecified atom stereocenters. The minimum atomic E-state index is -1.30. The van der Waals surface area contributed by atoms with E-state index in [4.69, 9.17) is 0 Å². The van der Waals surface area contributed by atoms with Gasteiger partial charge in [0.2, 0.25) is 11.8 Å². The van der Waals surface area contributed by atoms with Crippen LogP contribution in [-0.2, 0) is 27.2 Å². The van der Waals surface area contributed by atoms with Crippen LogP contribution in [0.2, 0.25) is 0 Å². The standard InChI is InChI=1S/C17H20N2O4/c1-19-7-6-11(8-14(19)20)15(21)18-17(16(22)23)9-12-4-2-3-5-13(12)10-17/h2-5,11H,6-10H2,1H3,(H,18,21)(H,22,23). The maximum Gasteiger partial charge on any atom is 0.330 e. The number of carbonyl (C=O) groups excluding carboxylic acids is 2. The summed E-state index contributed by atoms with van der Waals surface area (Å²) in [5.74, 6) is -1.88. The number of rotatable bonds is 3. The molecule has 23 heavy (non-hydrogen) atoms. The van der Waals surface area contributed by atoms with Crippen LogP contribution in [-0.4, -0.2) is 46.9 Å². The highest BCUT2D eigenvalue weighted by atomic mass is 16.4.